The van der Waals surface area contributed by atoms with Gasteiger partial charge in [0.15, 0.2) is 5.78 Å². The molecule has 0 saturated carbocycles. The molecule has 0 spiro atoms. The third-order valence-electron chi connectivity index (χ3n) is 4.25. The van der Waals surface area contributed by atoms with E-state index in [2.05, 4.69) is 5.32 Å². The molecule has 1 aliphatic rings. The predicted octanol–water partition coefficient (Wildman–Crippen LogP) is 4.47. The second-order valence-corrected chi connectivity index (χ2v) is 6.38. The van der Waals surface area contributed by atoms with E-state index in [0.717, 1.165) is 11.1 Å². The Morgan fingerprint density at radius 2 is 1.48 bits per heavy atom. The number of fused-ring (bicyclic) bond motifs is 1. The van der Waals surface area contributed by atoms with Gasteiger partial charge in [0.2, 0.25) is 5.78 Å². The zero-order valence-electron chi connectivity index (χ0n) is 14.5. The molecule has 0 aliphatic heterocycles. The Morgan fingerprint density at radius 1 is 0.880 bits per heavy atom. The van der Waals surface area contributed by atoms with Crippen molar-refractivity contribution < 1.29 is 9.59 Å². The molecule has 0 amide bonds. The number of carbonyl (C=O) groups is 2. The van der Waals surface area contributed by atoms with Gasteiger partial charge in [-0.15, -0.1) is 0 Å². The van der Waals surface area contributed by atoms with E-state index in [-0.39, 0.29) is 11.6 Å². The van der Waals surface area contributed by atoms with Crippen molar-refractivity contribution in [3.8, 4) is 0 Å². The van der Waals surface area contributed by atoms with Crippen molar-refractivity contribution >= 4 is 11.6 Å². The number of hydrogen-bond donors (Lipinski definition) is 1. The fourth-order valence-corrected chi connectivity index (χ4v) is 2.90. The van der Waals surface area contributed by atoms with Crippen molar-refractivity contribution in [2.45, 2.75) is 26.8 Å². The molecule has 0 radical (unpaired) electrons. The summed E-state index contributed by atoms with van der Waals surface area (Å²) in [4.78, 5) is 25.9. The van der Waals surface area contributed by atoms with Gasteiger partial charge in [-0.3, -0.25) is 9.59 Å². The van der Waals surface area contributed by atoms with E-state index in [9.17, 15) is 9.59 Å². The molecule has 0 fully saturated rings. The summed E-state index contributed by atoms with van der Waals surface area (Å²) in [7, 11) is 0. The van der Waals surface area contributed by atoms with Gasteiger partial charge < -0.3 is 5.32 Å². The summed E-state index contributed by atoms with van der Waals surface area (Å²) in [5.74, 6) is -0.174. The molecule has 3 rings (SSSR count). The van der Waals surface area contributed by atoms with Gasteiger partial charge in [-0.25, -0.2) is 0 Å². The molecule has 2 aromatic carbocycles. The highest BCUT2D eigenvalue weighted by molar-refractivity contribution is 6.26. The number of Topliss-reactive ketones (excluding diaryl/α,β-unsaturated/α-hetero) is 2. The van der Waals surface area contributed by atoms with Gasteiger partial charge in [0.1, 0.15) is 0 Å². The second kappa shape index (κ2) is 7.31. The summed E-state index contributed by atoms with van der Waals surface area (Å²) in [6.45, 7) is 4.48. The largest absolute Gasteiger partial charge is 0.377 e. The van der Waals surface area contributed by atoms with Gasteiger partial charge in [-0.1, -0.05) is 66.2 Å². The molecule has 1 aliphatic carbocycles. The van der Waals surface area contributed by atoms with Crippen LogP contribution in [0.3, 0.4) is 0 Å². The number of carbonyl (C=O) groups excluding carboxylic acids is 2. The molecule has 126 valence electrons. The Hall–Kier alpha value is -2.94. The first kappa shape index (κ1) is 16.9. The average molecular weight is 331 g/mol. The molecule has 0 atom stereocenters. The molecule has 0 saturated heterocycles. The van der Waals surface area contributed by atoms with Crippen molar-refractivity contribution in [2.24, 2.45) is 0 Å². The minimum atomic E-state index is -0.108. The summed E-state index contributed by atoms with van der Waals surface area (Å²) >= 11 is 0. The molecule has 0 aromatic heterocycles. The maximum Gasteiger partial charge on any atom is 0.210 e. The minimum Gasteiger partial charge on any atom is -0.377 e. The summed E-state index contributed by atoms with van der Waals surface area (Å²) in [5, 5.41) is 3.21. The van der Waals surface area contributed by atoms with Crippen LogP contribution in [0.2, 0.25) is 0 Å². The second-order valence-electron chi connectivity index (χ2n) is 6.38. The topological polar surface area (TPSA) is 46.2 Å². The zero-order valence-corrected chi connectivity index (χ0v) is 14.5. The molecule has 3 heteroatoms. The molecule has 0 bridgehead atoms. The Balaban J connectivity index is 1.98. The van der Waals surface area contributed by atoms with Crippen LogP contribution in [-0.2, 0) is 6.54 Å². The third-order valence-corrected chi connectivity index (χ3v) is 4.25. The van der Waals surface area contributed by atoms with E-state index in [1.54, 1.807) is 24.3 Å². The van der Waals surface area contributed by atoms with Crippen LogP contribution >= 0.6 is 0 Å². The molecule has 3 nitrogen and oxygen atoms in total. The van der Waals surface area contributed by atoms with Crippen LogP contribution < -0.4 is 5.32 Å². The third kappa shape index (κ3) is 3.61. The number of ketones is 2. The van der Waals surface area contributed by atoms with Gasteiger partial charge in [0, 0.05) is 23.2 Å². The van der Waals surface area contributed by atoms with Crippen LogP contribution in [-0.4, -0.2) is 11.6 Å². The first-order valence-electron chi connectivity index (χ1n) is 8.40. The first-order chi connectivity index (χ1) is 12.1. The van der Waals surface area contributed by atoms with E-state index in [0.29, 0.717) is 35.4 Å². The molecular formula is C22H21NO2. The van der Waals surface area contributed by atoms with Gasteiger partial charge in [0.25, 0.3) is 0 Å². The van der Waals surface area contributed by atoms with Crippen molar-refractivity contribution in [3.63, 3.8) is 0 Å². The molecule has 25 heavy (non-hydrogen) atoms. The predicted molar refractivity (Wildman–Crippen MR) is 99.5 cm³/mol. The lowest BCUT2D eigenvalue weighted by Crippen LogP contribution is -2.30. The Bertz CT molecular complexity index is 872. The lowest BCUT2D eigenvalue weighted by Gasteiger charge is -2.21. The molecular weight excluding hydrogens is 310 g/mol. The number of allylic oxidation sites excluding steroid dienone is 4. The zero-order chi connectivity index (χ0) is 17.8. The highest BCUT2D eigenvalue weighted by atomic mass is 16.1. The smallest absolute Gasteiger partial charge is 0.210 e. The average Bonchev–Trinajstić information content (AvgIpc) is 2.63. The van der Waals surface area contributed by atoms with Crippen molar-refractivity contribution in [1.82, 2.24) is 5.32 Å². The van der Waals surface area contributed by atoms with Gasteiger partial charge in [-0.05, 0) is 25.8 Å². The van der Waals surface area contributed by atoms with E-state index in [1.807, 2.05) is 50.3 Å². The van der Waals surface area contributed by atoms with Crippen molar-refractivity contribution in [1.29, 1.82) is 0 Å². The summed E-state index contributed by atoms with van der Waals surface area (Å²) in [6, 6.07) is 16.9. The normalized spacial score (nSPS) is 13.5. The summed E-state index contributed by atoms with van der Waals surface area (Å²) in [5.41, 5.74) is 4.12. The number of nitrogens with one attached hydrogen (secondary N) is 1. The molecule has 2 aromatic rings. The highest BCUT2D eigenvalue weighted by Crippen LogP contribution is 2.27. The summed E-state index contributed by atoms with van der Waals surface area (Å²) < 4.78 is 0. The summed E-state index contributed by atoms with van der Waals surface area (Å²) in [6.07, 6.45) is 2.44. The maximum atomic E-state index is 12.9. The van der Waals surface area contributed by atoms with E-state index in [4.69, 9.17) is 0 Å². The Morgan fingerprint density at radius 3 is 2.12 bits per heavy atom. The van der Waals surface area contributed by atoms with E-state index in [1.165, 1.54) is 0 Å². The molecule has 1 N–H and O–H groups in total. The standard InChI is InChI=1S/C22H21NO2/c1-15(2)12-13-19-20(23-14-16-8-4-3-5-9-16)22(25)18-11-7-6-10-17(18)21(19)24/h3-12,23H,13-14H2,1-2H3. The van der Waals surface area contributed by atoms with Crippen LogP contribution in [0.4, 0.5) is 0 Å². The fraction of sp³-hybridized carbons (Fsp3) is 0.182. The van der Waals surface area contributed by atoms with Gasteiger partial charge >= 0.3 is 0 Å². The van der Waals surface area contributed by atoms with Crippen molar-refractivity contribution in [2.75, 3.05) is 0 Å². The van der Waals surface area contributed by atoms with Gasteiger partial charge in [-0.2, -0.15) is 0 Å². The number of rotatable bonds is 5. The number of benzene rings is 2. The quantitative estimate of drug-likeness (QED) is 0.823. The van der Waals surface area contributed by atoms with E-state index >= 15 is 0 Å². The van der Waals surface area contributed by atoms with Crippen molar-refractivity contribution in [3.05, 3.63) is 94.2 Å². The monoisotopic (exact) mass is 331 g/mol. The fourth-order valence-electron chi connectivity index (χ4n) is 2.90. The number of hydrogen-bond acceptors (Lipinski definition) is 3. The highest BCUT2D eigenvalue weighted by Gasteiger charge is 2.31. The van der Waals surface area contributed by atoms with Crippen LogP contribution in [0, 0.1) is 0 Å². The Labute approximate surface area is 148 Å². The maximum absolute atomic E-state index is 12.9. The minimum absolute atomic E-state index is 0.0664. The van der Waals surface area contributed by atoms with Crippen LogP contribution in [0.25, 0.3) is 0 Å². The van der Waals surface area contributed by atoms with E-state index < -0.39 is 0 Å². The lowest BCUT2D eigenvalue weighted by atomic mass is 9.85. The lowest BCUT2D eigenvalue weighted by molar-refractivity contribution is 0.0966. The van der Waals surface area contributed by atoms with Crippen LogP contribution in [0.15, 0.2) is 77.5 Å². The SMILES string of the molecule is CC(C)=CCC1=C(NCc2ccccc2)C(=O)c2ccccc2C1=O. The van der Waals surface area contributed by atoms with Crippen LogP contribution in [0.5, 0.6) is 0 Å². The van der Waals surface area contributed by atoms with Gasteiger partial charge in [0.05, 0.1) is 5.70 Å². The molecule has 0 unspecified atom stereocenters. The van der Waals surface area contributed by atoms with Crippen LogP contribution in [0.1, 0.15) is 46.5 Å². The molecule has 0 heterocycles. The Kier molecular flexibility index (Phi) is 4.94. The first-order valence-corrected chi connectivity index (χ1v) is 8.40.